The Balaban J connectivity index is 1.04. The Bertz CT molecular complexity index is 712. The van der Waals surface area contributed by atoms with Gasteiger partial charge in [0, 0.05) is 0 Å². The molecule has 0 saturated heterocycles. The summed E-state index contributed by atoms with van der Waals surface area (Å²) >= 11 is 0. The molecule has 2 spiro atoms. The lowest BCUT2D eigenvalue weighted by atomic mass is 9.41. The second-order valence-electron chi connectivity index (χ2n) is 14.9. The quantitative estimate of drug-likeness (QED) is 0.280. The van der Waals surface area contributed by atoms with Crippen LogP contribution in [0.5, 0.6) is 0 Å². The van der Waals surface area contributed by atoms with E-state index in [9.17, 15) is 4.79 Å². The molecule has 0 aromatic rings. The number of halogens is 1. The van der Waals surface area contributed by atoms with E-state index in [0.29, 0.717) is 5.78 Å². The number of alkyl halides is 1. The number of unbranched alkanes of at least 4 members (excludes halogenated alkanes) is 4. The largest absolute Gasteiger partial charge is 0.298 e. The first-order valence-corrected chi connectivity index (χ1v) is 17.2. The zero-order chi connectivity index (χ0) is 25.9. The zero-order valence-corrected chi connectivity index (χ0v) is 24.6. The Hall–Kier alpha value is -0.400. The van der Waals surface area contributed by atoms with Crippen LogP contribution in [-0.4, -0.2) is 12.0 Å². The Morgan fingerprint density at radius 1 is 0.595 bits per heavy atom. The smallest absolute Gasteiger partial charge is 0.151 e. The van der Waals surface area contributed by atoms with Crippen LogP contribution >= 0.6 is 0 Å². The van der Waals surface area contributed by atoms with Gasteiger partial charge in [-0.25, -0.2) is 4.39 Å². The second-order valence-corrected chi connectivity index (χ2v) is 14.9. The molecule has 0 aromatic carbocycles. The van der Waals surface area contributed by atoms with Crippen molar-refractivity contribution >= 4 is 5.78 Å². The number of carbonyl (C=O) groups is 1. The summed E-state index contributed by atoms with van der Waals surface area (Å²) in [6.45, 7) is 4.63. The van der Waals surface area contributed by atoms with E-state index in [0.717, 1.165) is 86.9 Å². The third-order valence-corrected chi connectivity index (χ3v) is 13.1. The lowest BCUT2D eigenvalue weighted by Crippen LogP contribution is -2.69. The van der Waals surface area contributed by atoms with Gasteiger partial charge in [-0.15, -0.1) is 0 Å². The lowest BCUT2D eigenvalue weighted by molar-refractivity contribution is -0.194. The molecule has 0 bridgehead atoms. The summed E-state index contributed by atoms with van der Waals surface area (Å²) in [6.07, 6.45) is 28.1. The van der Waals surface area contributed by atoms with Crippen LogP contribution in [-0.2, 0) is 4.79 Å². The number of hydrogen-bond acceptors (Lipinski definition) is 1. The lowest BCUT2D eigenvalue weighted by Gasteiger charge is -2.62. The van der Waals surface area contributed by atoms with Crippen molar-refractivity contribution in [3.8, 4) is 0 Å². The van der Waals surface area contributed by atoms with Crippen molar-refractivity contribution < 1.29 is 9.18 Å². The standard InChI is InChI=1S/C35H59FO/c1-3-5-6-7-8-9-27-12-16-29(17-13-27)31-20-24-35(25-21-31)32(36)34(33(35)37)22-18-30(19-23-34)28-14-10-26(4-2)11-15-28/h26-32H,3-25H2,1-2H3/t26-,27-,28-,29-,30?,31?,32?,34?,35?. The van der Waals surface area contributed by atoms with Crippen LogP contribution in [0.1, 0.15) is 162 Å². The maximum Gasteiger partial charge on any atom is 0.151 e. The Morgan fingerprint density at radius 2 is 1.03 bits per heavy atom. The summed E-state index contributed by atoms with van der Waals surface area (Å²) in [5.41, 5.74) is -1.14. The third kappa shape index (κ3) is 5.62. The summed E-state index contributed by atoms with van der Waals surface area (Å²) in [4.78, 5) is 13.7. The number of hydrogen-bond donors (Lipinski definition) is 0. The fourth-order valence-electron chi connectivity index (χ4n) is 10.4. The van der Waals surface area contributed by atoms with E-state index >= 15 is 4.39 Å². The Morgan fingerprint density at radius 3 is 1.46 bits per heavy atom. The number of rotatable bonds is 9. The first-order chi connectivity index (χ1) is 18.0. The molecule has 0 aliphatic heterocycles. The van der Waals surface area contributed by atoms with Crippen LogP contribution < -0.4 is 0 Å². The van der Waals surface area contributed by atoms with E-state index in [1.165, 1.54) is 96.3 Å². The number of ketones is 1. The van der Waals surface area contributed by atoms with Gasteiger partial charge in [0.15, 0.2) is 5.78 Å². The van der Waals surface area contributed by atoms with E-state index in [-0.39, 0.29) is 0 Å². The van der Waals surface area contributed by atoms with Gasteiger partial charge in [-0.2, -0.15) is 0 Å². The fraction of sp³-hybridized carbons (Fsp3) is 0.971. The van der Waals surface area contributed by atoms with Crippen molar-refractivity contribution in [1.29, 1.82) is 0 Å². The number of carbonyl (C=O) groups excluding carboxylic acids is 1. The first-order valence-electron chi connectivity index (χ1n) is 17.2. The van der Waals surface area contributed by atoms with Crippen molar-refractivity contribution in [3.05, 3.63) is 0 Å². The minimum atomic E-state index is -0.839. The highest BCUT2D eigenvalue weighted by atomic mass is 19.1. The number of Topliss-reactive ketones (excluding diaryl/α,β-unsaturated/α-hetero) is 1. The maximum absolute atomic E-state index is 16.1. The molecule has 212 valence electrons. The summed E-state index contributed by atoms with van der Waals surface area (Å²) in [6, 6.07) is 0. The predicted molar refractivity (Wildman–Crippen MR) is 153 cm³/mol. The van der Waals surface area contributed by atoms with Crippen LogP contribution in [0.2, 0.25) is 0 Å². The van der Waals surface area contributed by atoms with Crippen LogP contribution in [0.4, 0.5) is 4.39 Å². The minimum Gasteiger partial charge on any atom is -0.298 e. The van der Waals surface area contributed by atoms with Crippen LogP contribution in [0.15, 0.2) is 0 Å². The van der Waals surface area contributed by atoms with Gasteiger partial charge in [-0.3, -0.25) is 4.79 Å². The van der Waals surface area contributed by atoms with Gasteiger partial charge in [0.1, 0.15) is 6.17 Å². The zero-order valence-electron chi connectivity index (χ0n) is 24.6. The fourth-order valence-corrected chi connectivity index (χ4v) is 10.4. The van der Waals surface area contributed by atoms with Crippen molar-refractivity contribution in [3.63, 3.8) is 0 Å². The molecule has 0 radical (unpaired) electrons. The van der Waals surface area contributed by atoms with Gasteiger partial charge in [0.25, 0.3) is 0 Å². The van der Waals surface area contributed by atoms with Gasteiger partial charge < -0.3 is 0 Å². The van der Waals surface area contributed by atoms with Crippen LogP contribution in [0, 0.1) is 46.3 Å². The van der Waals surface area contributed by atoms with E-state index < -0.39 is 17.0 Å². The summed E-state index contributed by atoms with van der Waals surface area (Å²) in [7, 11) is 0. The third-order valence-electron chi connectivity index (χ3n) is 13.1. The van der Waals surface area contributed by atoms with Crippen molar-refractivity contribution in [2.45, 2.75) is 168 Å². The molecular formula is C35H59FO. The van der Waals surface area contributed by atoms with Crippen molar-refractivity contribution in [2.75, 3.05) is 0 Å². The van der Waals surface area contributed by atoms with E-state index in [1.807, 2.05) is 0 Å². The topological polar surface area (TPSA) is 17.1 Å². The first kappa shape index (κ1) is 28.1. The molecule has 37 heavy (non-hydrogen) atoms. The van der Waals surface area contributed by atoms with Gasteiger partial charge in [-0.1, -0.05) is 84.5 Å². The molecule has 0 aromatic heterocycles. The van der Waals surface area contributed by atoms with Gasteiger partial charge in [0.05, 0.1) is 10.8 Å². The van der Waals surface area contributed by atoms with E-state index in [4.69, 9.17) is 0 Å². The maximum atomic E-state index is 16.1. The molecule has 5 fully saturated rings. The second kappa shape index (κ2) is 12.4. The summed E-state index contributed by atoms with van der Waals surface area (Å²) in [5, 5.41) is 0. The molecule has 1 atom stereocenters. The molecule has 0 amide bonds. The molecule has 2 heteroatoms. The Kier molecular flexibility index (Phi) is 9.44. The van der Waals surface area contributed by atoms with E-state index in [1.54, 1.807) is 0 Å². The molecule has 5 aliphatic rings. The van der Waals surface area contributed by atoms with Crippen LogP contribution in [0.3, 0.4) is 0 Å². The van der Waals surface area contributed by atoms with E-state index in [2.05, 4.69) is 13.8 Å². The van der Waals surface area contributed by atoms with Crippen molar-refractivity contribution in [1.82, 2.24) is 0 Å². The minimum absolute atomic E-state index is 0.380. The normalized spacial score (nSPS) is 44.7. The summed E-state index contributed by atoms with van der Waals surface area (Å²) in [5.74, 6) is 5.53. The molecule has 1 nitrogen and oxygen atoms in total. The highest BCUT2D eigenvalue weighted by Gasteiger charge is 2.71. The molecule has 0 N–H and O–H groups in total. The van der Waals surface area contributed by atoms with Gasteiger partial charge in [-0.05, 0) is 113 Å². The Labute approximate surface area is 228 Å². The average molecular weight is 515 g/mol. The molecule has 0 heterocycles. The van der Waals surface area contributed by atoms with Gasteiger partial charge >= 0.3 is 0 Å². The van der Waals surface area contributed by atoms with Gasteiger partial charge in [0.2, 0.25) is 0 Å². The van der Waals surface area contributed by atoms with Crippen molar-refractivity contribution in [2.24, 2.45) is 46.3 Å². The molecule has 1 unspecified atom stereocenters. The summed E-state index contributed by atoms with van der Waals surface area (Å²) < 4.78 is 16.1. The predicted octanol–water partition coefficient (Wildman–Crippen LogP) is 10.6. The molecule has 5 rings (SSSR count). The average Bonchev–Trinajstić information content (AvgIpc) is 2.97. The highest BCUT2D eigenvalue weighted by Crippen LogP contribution is 2.66. The molecule has 5 saturated carbocycles. The highest BCUT2D eigenvalue weighted by molar-refractivity contribution is 5.98. The van der Waals surface area contributed by atoms with Crippen LogP contribution in [0.25, 0.3) is 0 Å². The molecular weight excluding hydrogens is 455 g/mol. The monoisotopic (exact) mass is 514 g/mol. The molecule has 5 aliphatic carbocycles. The SMILES string of the molecule is CCCCCCC[C@H]1CC[C@H](C2CCC3(CC2)C(=O)C2(CCC([C@H]4CC[C@H](CC)CC4)CC2)C3F)CC1.